The van der Waals surface area contributed by atoms with Gasteiger partial charge in [-0.1, -0.05) is 0 Å². The highest BCUT2D eigenvalue weighted by Gasteiger charge is 2.35. The molecule has 0 aromatic carbocycles. The average molecular weight is 286 g/mol. The summed E-state index contributed by atoms with van der Waals surface area (Å²) in [6.07, 6.45) is 3.43. The van der Waals surface area contributed by atoms with E-state index in [4.69, 9.17) is 0 Å². The second kappa shape index (κ2) is 5.60. The van der Waals surface area contributed by atoms with E-state index in [0.717, 1.165) is 24.1 Å². The molecule has 6 nitrogen and oxygen atoms in total. The van der Waals surface area contributed by atoms with Gasteiger partial charge in [-0.05, 0) is 26.7 Å². The smallest absolute Gasteiger partial charge is 0.214 e. The lowest BCUT2D eigenvalue weighted by Crippen LogP contribution is -2.39. The van der Waals surface area contributed by atoms with Gasteiger partial charge in [0, 0.05) is 37.4 Å². The summed E-state index contributed by atoms with van der Waals surface area (Å²) in [6, 6.07) is 0.0909. The molecule has 1 fully saturated rings. The molecule has 1 heterocycles. The van der Waals surface area contributed by atoms with Crippen molar-refractivity contribution >= 4 is 10.0 Å². The average Bonchev–Trinajstić information content (AvgIpc) is 3.16. The zero-order chi connectivity index (χ0) is 14.0. The summed E-state index contributed by atoms with van der Waals surface area (Å²) < 4.78 is 27.9. The molecule has 2 N–H and O–H groups in total. The maximum Gasteiger partial charge on any atom is 0.214 e. The van der Waals surface area contributed by atoms with Crippen molar-refractivity contribution in [2.45, 2.75) is 44.5 Å². The van der Waals surface area contributed by atoms with Crippen LogP contribution in [0.3, 0.4) is 0 Å². The van der Waals surface area contributed by atoms with Gasteiger partial charge in [0.25, 0.3) is 0 Å². The summed E-state index contributed by atoms with van der Waals surface area (Å²) in [6.45, 7) is 5.12. The van der Waals surface area contributed by atoms with E-state index in [-0.39, 0.29) is 11.3 Å². The summed E-state index contributed by atoms with van der Waals surface area (Å²) in [5, 5.41) is 7.33. The van der Waals surface area contributed by atoms with E-state index in [1.54, 1.807) is 0 Å². The molecule has 1 aliphatic carbocycles. The zero-order valence-electron chi connectivity index (χ0n) is 11.7. The van der Waals surface area contributed by atoms with E-state index in [1.807, 2.05) is 31.8 Å². The lowest BCUT2D eigenvalue weighted by Gasteiger charge is -2.14. The summed E-state index contributed by atoms with van der Waals surface area (Å²) in [5.41, 5.74) is 2.26. The third kappa shape index (κ3) is 3.77. The van der Waals surface area contributed by atoms with Crippen molar-refractivity contribution < 1.29 is 8.42 Å². The van der Waals surface area contributed by atoms with Crippen LogP contribution in [-0.4, -0.2) is 36.0 Å². The Hall–Kier alpha value is -0.920. The Morgan fingerprint density at radius 2 is 2.21 bits per heavy atom. The Balaban J connectivity index is 1.75. The minimum Gasteiger partial charge on any atom is -0.309 e. The van der Waals surface area contributed by atoms with Crippen LogP contribution in [0.25, 0.3) is 0 Å². The van der Waals surface area contributed by atoms with Gasteiger partial charge in [0.2, 0.25) is 10.0 Å². The van der Waals surface area contributed by atoms with E-state index in [0.29, 0.717) is 13.1 Å². The SMILES string of the molecule is Cc1c(CN[C@@H](C)CNS(=O)(=O)C2CC2)cnn1C. The molecule has 1 atom stereocenters. The van der Waals surface area contributed by atoms with Gasteiger partial charge in [-0.15, -0.1) is 0 Å². The molecular formula is C12H22N4O2S. The summed E-state index contributed by atoms with van der Waals surface area (Å²) in [4.78, 5) is 0. The van der Waals surface area contributed by atoms with Crippen molar-refractivity contribution in [3.63, 3.8) is 0 Å². The number of hydrogen-bond acceptors (Lipinski definition) is 4. The summed E-state index contributed by atoms with van der Waals surface area (Å²) in [5.74, 6) is 0. The molecular weight excluding hydrogens is 264 g/mol. The fourth-order valence-corrected chi connectivity index (χ4v) is 3.29. The first kappa shape index (κ1) is 14.5. The van der Waals surface area contributed by atoms with Crippen LogP contribution in [0.2, 0.25) is 0 Å². The van der Waals surface area contributed by atoms with Crippen molar-refractivity contribution in [2.75, 3.05) is 6.54 Å². The van der Waals surface area contributed by atoms with Crippen LogP contribution in [0.5, 0.6) is 0 Å². The Morgan fingerprint density at radius 3 is 2.74 bits per heavy atom. The second-order valence-corrected chi connectivity index (χ2v) is 7.30. The summed E-state index contributed by atoms with van der Waals surface area (Å²) in [7, 11) is -1.17. The number of aryl methyl sites for hydroxylation is 1. The largest absolute Gasteiger partial charge is 0.309 e. The van der Waals surface area contributed by atoms with Crippen LogP contribution in [0.1, 0.15) is 31.0 Å². The molecule has 1 saturated carbocycles. The molecule has 2 rings (SSSR count). The lowest BCUT2D eigenvalue weighted by molar-refractivity contribution is 0.523. The maximum atomic E-state index is 11.7. The number of hydrogen-bond donors (Lipinski definition) is 2. The minimum absolute atomic E-state index is 0.0909. The third-order valence-electron chi connectivity index (χ3n) is 3.53. The van der Waals surface area contributed by atoms with Crippen molar-refractivity contribution in [1.29, 1.82) is 0 Å². The van der Waals surface area contributed by atoms with Crippen molar-refractivity contribution in [3.8, 4) is 0 Å². The number of aromatic nitrogens is 2. The lowest BCUT2D eigenvalue weighted by atomic mass is 10.2. The third-order valence-corrected chi connectivity index (χ3v) is 5.45. The number of rotatable bonds is 7. The van der Waals surface area contributed by atoms with E-state index in [2.05, 4.69) is 15.1 Å². The molecule has 1 aliphatic rings. The molecule has 108 valence electrons. The van der Waals surface area contributed by atoms with Crippen LogP contribution < -0.4 is 10.0 Å². The highest BCUT2D eigenvalue weighted by Crippen LogP contribution is 2.27. The normalized spacial score (nSPS) is 17.6. The zero-order valence-corrected chi connectivity index (χ0v) is 12.5. The molecule has 0 spiro atoms. The summed E-state index contributed by atoms with van der Waals surface area (Å²) >= 11 is 0. The first-order valence-corrected chi connectivity index (χ1v) is 8.14. The topological polar surface area (TPSA) is 76.0 Å². The van der Waals surface area contributed by atoms with E-state index >= 15 is 0 Å². The monoisotopic (exact) mass is 286 g/mol. The van der Waals surface area contributed by atoms with Crippen LogP contribution >= 0.6 is 0 Å². The Bertz CT molecular complexity index is 534. The van der Waals surface area contributed by atoms with E-state index in [1.165, 1.54) is 0 Å². The predicted octanol–water partition coefficient (Wildman–Crippen LogP) is 0.288. The van der Waals surface area contributed by atoms with Gasteiger partial charge < -0.3 is 5.32 Å². The van der Waals surface area contributed by atoms with Gasteiger partial charge in [0.05, 0.1) is 11.4 Å². The maximum absolute atomic E-state index is 11.7. The first-order chi connectivity index (χ1) is 8.90. The van der Waals surface area contributed by atoms with Gasteiger partial charge in [-0.2, -0.15) is 5.10 Å². The second-order valence-electron chi connectivity index (χ2n) is 5.25. The van der Waals surface area contributed by atoms with Gasteiger partial charge in [-0.3, -0.25) is 4.68 Å². The van der Waals surface area contributed by atoms with Gasteiger partial charge in [0.15, 0.2) is 0 Å². The molecule has 1 aromatic rings. The molecule has 0 amide bonds. The Morgan fingerprint density at radius 1 is 1.53 bits per heavy atom. The van der Waals surface area contributed by atoms with Crippen molar-refractivity contribution in [3.05, 3.63) is 17.5 Å². The fraction of sp³-hybridized carbons (Fsp3) is 0.750. The first-order valence-electron chi connectivity index (χ1n) is 6.59. The number of nitrogens with one attached hydrogen (secondary N) is 2. The highest BCUT2D eigenvalue weighted by molar-refractivity contribution is 7.90. The van der Waals surface area contributed by atoms with Gasteiger partial charge >= 0.3 is 0 Å². The Labute approximate surface area is 114 Å². The fourth-order valence-electron chi connectivity index (χ4n) is 1.81. The quantitative estimate of drug-likeness (QED) is 0.755. The minimum atomic E-state index is -3.08. The van der Waals surface area contributed by atoms with Gasteiger partial charge in [0.1, 0.15) is 0 Å². The van der Waals surface area contributed by atoms with Crippen molar-refractivity contribution in [2.24, 2.45) is 7.05 Å². The Kier molecular flexibility index (Phi) is 4.27. The standard InChI is InChI=1S/C12H22N4O2S/c1-9(6-15-19(17,18)12-4-5-12)13-7-11-8-14-16(3)10(11)2/h8-9,12-13,15H,4-7H2,1-3H3/t9-/m0/s1. The molecule has 0 bridgehead atoms. The van der Waals surface area contributed by atoms with Crippen LogP contribution in [0, 0.1) is 6.92 Å². The molecule has 0 aliphatic heterocycles. The van der Waals surface area contributed by atoms with E-state index in [9.17, 15) is 8.42 Å². The van der Waals surface area contributed by atoms with Crippen molar-refractivity contribution in [1.82, 2.24) is 19.8 Å². The predicted molar refractivity (Wildman–Crippen MR) is 74.2 cm³/mol. The highest BCUT2D eigenvalue weighted by atomic mass is 32.2. The van der Waals surface area contributed by atoms with E-state index < -0.39 is 10.0 Å². The molecule has 0 unspecified atom stereocenters. The molecule has 7 heteroatoms. The van der Waals surface area contributed by atoms with Gasteiger partial charge in [-0.25, -0.2) is 13.1 Å². The number of nitrogens with zero attached hydrogens (tertiary/aromatic N) is 2. The van der Waals surface area contributed by atoms with Crippen LogP contribution in [0.4, 0.5) is 0 Å². The molecule has 19 heavy (non-hydrogen) atoms. The van der Waals surface area contributed by atoms with Crippen LogP contribution in [0.15, 0.2) is 6.20 Å². The molecule has 1 aromatic heterocycles. The molecule has 0 radical (unpaired) electrons. The number of sulfonamides is 1. The molecule has 0 saturated heterocycles. The van der Waals surface area contributed by atoms with Crippen LogP contribution in [-0.2, 0) is 23.6 Å².